The van der Waals surface area contributed by atoms with Crippen molar-refractivity contribution in [2.24, 2.45) is 0 Å². The Morgan fingerprint density at radius 1 is 1.60 bits per heavy atom. The van der Waals surface area contributed by atoms with Gasteiger partial charge in [0.2, 0.25) is 6.33 Å². The van der Waals surface area contributed by atoms with E-state index in [1.54, 1.807) is 0 Å². The quantitative estimate of drug-likeness (QED) is 0.440. The van der Waals surface area contributed by atoms with Gasteiger partial charge in [0.1, 0.15) is 6.10 Å². The summed E-state index contributed by atoms with van der Waals surface area (Å²) in [7, 11) is 0. The standard InChI is InChI=1S/C6H10N4O5/c11-1-5(2-12)15-4-9-3-7-6(8-9)10(13)14/h3,5,11-12H,1-2,4H2. The van der Waals surface area contributed by atoms with E-state index in [4.69, 9.17) is 14.9 Å². The van der Waals surface area contributed by atoms with Crippen molar-refractivity contribution in [2.75, 3.05) is 13.2 Å². The number of hydrogen-bond donors (Lipinski definition) is 2. The lowest BCUT2D eigenvalue weighted by molar-refractivity contribution is -0.394. The zero-order chi connectivity index (χ0) is 11.3. The van der Waals surface area contributed by atoms with Crippen LogP contribution in [-0.4, -0.2) is 49.2 Å². The topological polar surface area (TPSA) is 124 Å². The Morgan fingerprint density at radius 3 is 2.73 bits per heavy atom. The largest absolute Gasteiger partial charge is 0.491 e. The van der Waals surface area contributed by atoms with Crippen molar-refractivity contribution in [2.45, 2.75) is 12.8 Å². The van der Waals surface area contributed by atoms with Crippen molar-refractivity contribution in [3.8, 4) is 0 Å². The van der Waals surface area contributed by atoms with Crippen molar-refractivity contribution < 1.29 is 19.9 Å². The first-order chi connectivity index (χ1) is 7.17. The molecule has 15 heavy (non-hydrogen) atoms. The van der Waals surface area contributed by atoms with Gasteiger partial charge >= 0.3 is 5.95 Å². The maximum Gasteiger partial charge on any atom is 0.491 e. The number of hydrogen-bond acceptors (Lipinski definition) is 7. The molecule has 0 spiro atoms. The molecule has 0 amide bonds. The van der Waals surface area contributed by atoms with Gasteiger partial charge < -0.3 is 25.1 Å². The van der Waals surface area contributed by atoms with Crippen LogP contribution in [0.4, 0.5) is 5.95 Å². The normalized spacial score (nSPS) is 10.9. The molecule has 1 aromatic heterocycles. The van der Waals surface area contributed by atoms with Crippen molar-refractivity contribution in [3.63, 3.8) is 0 Å². The highest BCUT2D eigenvalue weighted by Crippen LogP contribution is 2.00. The number of rotatable bonds is 6. The van der Waals surface area contributed by atoms with Gasteiger partial charge in [0.15, 0.2) is 6.73 Å². The molecular weight excluding hydrogens is 208 g/mol. The number of aliphatic hydroxyl groups is 2. The van der Waals surface area contributed by atoms with Crippen LogP contribution in [0, 0.1) is 10.1 Å². The molecule has 0 atom stereocenters. The molecule has 0 bridgehead atoms. The van der Waals surface area contributed by atoms with Crippen LogP contribution in [0.3, 0.4) is 0 Å². The number of nitro groups is 1. The van der Waals surface area contributed by atoms with Crippen molar-refractivity contribution in [3.05, 3.63) is 16.4 Å². The molecule has 0 saturated heterocycles. The number of nitrogens with zero attached hydrogens (tertiary/aromatic N) is 4. The Morgan fingerprint density at radius 2 is 2.27 bits per heavy atom. The molecule has 9 heteroatoms. The maximum absolute atomic E-state index is 10.2. The summed E-state index contributed by atoms with van der Waals surface area (Å²) in [4.78, 5) is 12.9. The van der Waals surface area contributed by atoms with E-state index in [1.165, 1.54) is 0 Å². The van der Waals surface area contributed by atoms with Crippen molar-refractivity contribution in [1.29, 1.82) is 0 Å². The Hall–Kier alpha value is -1.58. The summed E-state index contributed by atoms with van der Waals surface area (Å²) in [6.45, 7) is -0.798. The molecule has 0 aromatic carbocycles. The van der Waals surface area contributed by atoms with Crippen LogP contribution >= 0.6 is 0 Å². The molecule has 1 aromatic rings. The van der Waals surface area contributed by atoms with Gasteiger partial charge in [-0.15, -0.1) is 4.68 Å². The van der Waals surface area contributed by atoms with E-state index in [-0.39, 0.29) is 19.9 Å². The van der Waals surface area contributed by atoms with E-state index < -0.39 is 17.0 Å². The van der Waals surface area contributed by atoms with Crippen LogP contribution in [-0.2, 0) is 11.5 Å². The molecule has 1 rings (SSSR count). The van der Waals surface area contributed by atoms with E-state index >= 15 is 0 Å². The summed E-state index contributed by atoms with van der Waals surface area (Å²) < 4.78 is 6.05. The van der Waals surface area contributed by atoms with Crippen LogP contribution in [0.2, 0.25) is 0 Å². The predicted molar refractivity (Wildman–Crippen MR) is 45.7 cm³/mol. The average molecular weight is 218 g/mol. The number of aromatic nitrogens is 3. The predicted octanol–water partition coefficient (Wildman–Crippen LogP) is -1.49. The molecule has 0 aliphatic heterocycles. The summed E-state index contributed by atoms with van der Waals surface area (Å²) in [6.07, 6.45) is 0.400. The molecule has 1 heterocycles. The second-order valence-electron chi connectivity index (χ2n) is 2.62. The highest BCUT2D eigenvalue weighted by atomic mass is 16.6. The first-order valence-electron chi connectivity index (χ1n) is 4.04. The molecule has 0 radical (unpaired) electrons. The van der Waals surface area contributed by atoms with E-state index in [0.29, 0.717) is 0 Å². The first kappa shape index (κ1) is 11.5. The highest BCUT2D eigenvalue weighted by molar-refractivity contribution is 4.96. The number of ether oxygens (including phenoxy) is 1. The highest BCUT2D eigenvalue weighted by Gasteiger charge is 2.14. The second-order valence-corrected chi connectivity index (χ2v) is 2.62. The fourth-order valence-electron chi connectivity index (χ4n) is 0.776. The van der Waals surface area contributed by atoms with Gasteiger partial charge in [-0.2, -0.15) is 0 Å². The molecular formula is C6H10N4O5. The van der Waals surface area contributed by atoms with Gasteiger partial charge in [0.05, 0.1) is 13.2 Å². The Kier molecular flexibility index (Phi) is 4.09. The van der Waals surface area contributed by atoms with E-state index in [2.05, 4.69) is 10.1 Å². The van der Waals surface area contributed by atoms with Gasteiger partial charge in [-0.05, 0) is 4.92 Å². The van der Waals surface area contributed by atoms with Crippen molar-refractivity contribution in [1.82, 2.24) is 14.8 Å². The molecule has 84 valence electrons. The summed E-state index contributed by atoms with van der Waals surface area (Å²) >= 11 is 0. The lowest BCUT2D eigenvalue weighted by Gasteiger charge is -2.10. The second kappa shape index (κ2) is 5.34. The third-order valence-corrected chi connectivity index (χ3v) is 1.54. The third-order valence-electron chi connectivity index (χ3n) is 1.54. The lowest BCUT2D eigenvalue weighted by atomic mass is 10.4. The minimum atomic E-state index is -0.730. The van der Waals surface area contributed by atoms with Gasteiger partial charge in [-0.25, -0.2) is 0 Å². The zero-order valence-electron chi connectivity index (χ0n) is 7.68. The maximum atomic E-state index is 10.2. The Labute approximate surface area is 84.1 Å². The molecule has 2 N–H and O–H groups in total. The van der Waals surface area contributed by atoms with Gasteiger partial charge in [-0.3, -0.25) is 0 Å². The Bertz CT molecular complexity index is 323. The van der Waals surface area contributed by atoms with Gasteiger partial charge in [-0.1, -0.05) is 4.98 Å². The van der Waals surface area contributed by atoms with Crippen LogP contribution < -0.4 is 0 Å². The fraction of sp³-hybridized carbons (Fsp3) is 0.667. The minimum absolute atomic E-state index is 0.118. The molecule has 0 saturated carbocycles. The molecule has 0 aliphatic carbocycles. The summed E-state index contributed by atoms with van der Waals surface area (Å²) in [5.41, 5.74) is 0. The first-order valence-corrected chi connectivity index (χ1v) is 4.04. The smallest absolute Gasteiger partial charge is 0.394 e. The van der Waals surface area contributed by atoms with E-state index in [0.717, 1.165) is 11.0 Å². The molecule has 0 unspecified atom stereocenters. The van der Waals surface area contributed by atoms with Crippen molar-refractivity contribution >= 4 is 5.95 Å². The average Bonchev–Trinajstić information content (AvgIpc) is 2.68. The fourth-order valence-corrected chi connectivity index (χ4v) is 0.776. The van der Waals surface area contributed by atoms with Crippen LogP contribution in [0.25, 0.3) is 0 Å². The molecule has 9 nitrogen and oxygen atoms in total. The lowest BCUT2D eigenvalue weighted by Crippen LogP contribution is -2.23. The van der Waals surface area contributed by atoms with E-state index in [1.807, 2.05) is 0 Å². The Balaban J connectivity index is 2.47. The van der Waals surface area contributed by atoms with Gasteiger partial charge in [0.25, 0.3) is 0 Å². The molecule has 0 aliphatic rings. The SMILES string of the molecule is O=[N+]([O-])c1ncn(COC(CO)CO)n1. The van der Waals surface area contributed by atoms with Gasteiger partial charge in [0, 0.05) is 5.10 Å². The van der Waals surface area contributed by atoms with E-state index in [9.17, 15) is 10.1 Å². The summed E-state index contributed by atoms with van der Waals surface area (Å²) in [5.74, 6) is -0.525. The third kappa shape index (κ3) is 3.23. The summed E-state index contributed by atoms with van der Waals surface area (Å²) in [6, 6.07) is 0. The van der Waals surface area contributed by atoms with Crippen LogP contribution in [0.15, 0.2) is 6.33 Å². The van der Waals surface area contributed by atoms with Crippen LogP contribution in [0.1, 0.15) is 0 Å². The summed E-state index contributed by atoms with van der Waals surface area (Å²) in [5, 5.41) is 31.0. The zero-order valence-corrected chi connectivity index (χ0v) is 7.68. The molecule has 0 fully saturated rings. The monoisotopic (exact) mass is 218 g/mol. The number of aliphatic hydroxyl groups excluding tert-OH is 2. The minimum Gasteiger partial charge on any atom is -0.394 e. The van der Waals surface area contributed by atoms with Crippen LogP contribution in [0.5, 0.6) is 0 Å².